The number of aromatic carboxylic acids is 1. The molecule has 0 aliphatic carbocycles. The highest BCUT2D eigenvalue weighted by Crippen LogP contribution is 2.25. The molecule has 0 saturated heterocycles. The Morgan fingerprint density at radius 3 is 2.50 bits per heavy atom. The Kier molecular flexibility index (Phi) is 2.92. The molecule has 0 saturated carbocycles. The minimum atomic E-state index is -4.95. The Hall–Kier alpha value is -1.99. The molecule has 0 aliphatic heterocycles. The molecule has 0 aromatic carbocycles. The number of H-pyrrole nitrogens is 1. The summed E-state index contributed by atoms with van der Waals surface area (Å²) in [4.78, 5) is 23.5. The second-order valence-electron chi connectivity index (χ2n) is 2.84. The number of alkyl halides is 3. The Balaban J connectivity index is 3.30. The van der Waals surface area contributed by atoms with Gasteiger partial charge in [0.25, 0.3) is 5.56 Å². The van der Waals surface area contributed by atoms with Crippen LogP contribution in [0.25, 0.3) is 0 Å². The largest absolute Gasteiger partial charge is 0.573 e. The van der Waals surface area contributed by atoms with Crippen molar-refractivity contribution in [2.45, 2.75) is 13.3 Å². The Morgan fingerprint density at radius 1 is 1.50 bits per heavy atom. The summed E-state index contributed by atoms with van der Waals surface area (Å²) in [7, 11) is 0. The monoisotopic (exact) mass is 237 g/mol. The summed E-state index contributed by atoms with van der Waals surface area (Å²) in [5, 5.41) is 8.61. The Morgan fingerprint density at radius 2 is 2.06 bits per heavy atom. The smallest absolute Gasteiger partial charge is 0.477 e. The van der Waals surface area contributed by atoms with Crippen molar-refractivity contribution in [1.29, 1.82) is 0 Å². The summed E-state index contributed by atoms with van der Waals surface area (Å²) in [6, 6.07) is 0. The molecular formula is C8H6F3NO4. The zero-order valence-corrected chi connectivity index (χ0v) is 7.88. The minimum absolute atomic E-state index is 0.381. The molecule has 0 unspecified atom stereocenters. The first-order chi connectivity index (χ1) is 7.22. The van der Waals surface area contributed by atoms with E-state index in [9.17, 15) is 22.8 Å². The first-order valence-corrected chi connectivity index (χ1v) is 3.93. The summed E-state index contributed by atoms with van der Waals surface area (Å²) < 4.78 is 39.2. The van der Waals surface area contributed by atoms with Crippen molar-refractivity contribution in [3.63, 3.8) is 0 Å². The maximum absolute atomic E-state index is 11.9. The fourth-order valence-electron chi connectivity index (χ4n) is 1.09. The van der Waals surface area contributed by atoms with Crippen LogP contribution in [0, 0.1) is 6.92 Å². The van der Waals surface area contributed by atoms with Gasteiger partial charge in [-0.3, -0.25) is 4.79 Å². The standard InChI is InChI=1S/C8H6F3NO4/c1-3-4(16-8(9,10)11)2-12-6(13)5(3)7(14)15/h2H,1H3,(H,12,13)(H,14,15). The zero-order chi connectivity index (χ0) is 12.5. The van der Waals surface area contributed by atoms with Gasteiger partial charge in [0, 0.05) is 11.8 Å². The van der Waals surface area contributed by atoms with Crippen molar-refractivity contribution in [1.82, 2.24) is 4.98 Å². The van der Waals surface area contributed by atoms with Crippen molar-refractivity contribution in [2.75, 3.05) is 0 Å². The number of ether oxygens (including phenoxy) is 1. The van der Waals surface area contributed by atoms with Crippen molar-refractivity contribution in [3.05, 3.63) is 27.7 Å². The summed E-state index contributed by atoms with van der Waals surface area (Å²) in [5.41, 5.74) is -2.14. The van der Waals surface area contributed by atoms with Gasteiger partial charge in [0.05, 0.1) is 0 Å². The molecule has 0 spiro atoms. The predicted octanol–water partition coefficient (Wildman–Crippen LogP) is 1.28. The molecule has 0 bridgehead atoms. The summed E-state index contributed by atoms with van der Waals surface area (Å²) >= 11 is 0. The average Bonchev–Trinajstić information content (AvgIpc) is 2.07. The number of hydrogen-bond acceptors (Lipinski definition) is 3. The molecule has 2 N–H and O–H groups in total. The van der Waals surface area contributed by atoms with Gasteiger partial charge >= 0.3 is 12.3 Å². The number of carbonyl (C=O) groups is 1. The maximum Gasteiger partial charge on any atom is 0.573 e. The van der Waals surface area contributed by atoms with E-state index in [-0.39, 0.29) is 5.56 Å². The second kappa shape index (κ2) is 3.87. The maximum atomic E-state index is 11.9. The molecule has 0 aliphatic rings. The minimum Gasteiger partial charge on any atom is -0.477 e. The molecule has 0 fully saturated rings. The van der Waals surface area contributed by atoms with E-state index < -0.39 is 29.2 Å². The van der Waals surface area contributed by atoms with Crippen LogP contribution in [0.15, 0.2) is 11.0 Å². The van der Waals surface area contributed by atoms with Gasteiger partial charge in [0.1, 0.15) is 11.3 Å². The van der Waals surface area contributed by atoms with Crippen molar-refractivity contribution < 1.29 is 27.8 Å². The van der Waals surface area contributed by atoms with Gasteiger partial charge in [-0.1, -0.05) is 0 Å². The molecule has 1 heterocycles. The first kappa shape index (κ1) is 12.1. The number of carboxylic acid groups (broad SMARTS) is 1. The van der Waals surface area contributed by atoms with Gasteiger partial charge in [-0.25, -0.2) is 4.79 Å². The third kappa shape index (κ3) is 2.53. The van der Waals surface area contributed by atoms with Crippen LogP contribution in [-0.4, -0.2) is 22.4 Å². The van der Waals surface area contributed by atoms with E-state index in [4.69, 9.17) is 5.11 Å². The Labute approximate surface area is 86.5 Å². The summed E-state index contributed by atoms with van der Waals surface area (Å²) in [5.74, 6) is -2.36. The van der Waals surface area contributed by atoms with Crippen LogP contribution < -0.4 is 10.3 Å². The first-order valence-electron chi connectivity index (χ1n) is 3.93. The third-order valence-corrected chi connectivity index (χ3v) is 1.75. The van der Waals surface area contributed by atoms with E-state index in [0.717, 1.165) is 6.92 Å². The van der Waals surface area contributed by atoms with Crippen molar-refractivity contribution >= 4 is 5.97 Å². The molecule has 0 amide bonds. The number of carboxylic acids is 1. The van der Waals surface area contributed by atoms with Crippen LogP contribution >= 0.6 is 0 Å². The molecule has 5 nitrogen and oxygen atoms in total. The van der Waals surface area contributed by atoms with Crippen LogP contribution in [0.4, 0.5) is 13.2 Å². The average molecular weight is 237 g/mol. The highest BCUT2D eigenvalue weighted by molar-refractivity contribution is 5.89. The predicted molar refractivity (Wildman–Crippen MR) is 45.4 cm³/mol. The lowest BCUT2D eigenvalue weighted by atomic mass is 10.1. The lowest BCUT2D eigenvalue weighted by Gasteiger charge is -2.11. The number of aromatic nitrogens is 1. The number of pyridine rings is 1. The highest BCUT2D eigenvalue weighted by atomic mass is 19.4. The van der Waals surface area contributed by atoms with E-state index in [2.05, 4.69) is 4.74 Å². The van der Waals surface area contributed by atoms with E-state index in [1.165, 1.54) is 0 Å². The third-order valence-electron chi connectivity index (χ3n) is 1.75. The van der Waals surface area contributed by atoms with Crippen LogP contribution in [0.2, 0.25) is 0 Å². The van der Waals surface area contributed by atoms with Gasteiger partial charge in [-0.05, 0) is 6.92 Å². The number of halogens is 3. The van der Waals surface area contributed by atoms with Gasteiger partial charge in [0.15, 0.2) is 0 Å². The zero-order valence-electron chi connectivity index (χ0n) is 7.88. The number of hydrogen-bond donors (Lipinski definition) is 2. The molecule has 0 radical (unpaired) electrons. The van der Waals surface area contributed by atoms with E-state index in [1.807, 2.05) is 4.98 Å². The van der Waals surface area contributed by atoms with Crippen LogP contribution in [0.3, 0.4) is 0 Å². The number of rotatable bonds is 2. The van der Waals surface area contributed by atoms with E-state index in [0.29, 0.717) is 6.20 Å². The van der Waals surface area contributed by atoms with Crippen LogP contribution in [-0.2, 0) is 0 Å². The lowest BCUT2D eigenvalue weighted by Crippen LogP contribution is -2.23. The number of nitrogens with one attached hydrogen (secondary N) is 1. The lowest BCUT2D eigenvalue weighted by molar-refractivity contribution is -0.275. The normalized spacial score (nSPS) is 11.2. The summed E-state index contributed by atoms with van der Waals surface area (Å²) in [6.45, 7) is 1.06. The van der Waals surface area contributed by atoms with Crippen LogP contribution in [0.1, 0.15) is 15.9 Å². The van der Waals surface area contributed by atoms with Gasteiger partial charge in [-0.15, -0.1) is 13.2 Å². The quantitative estimate of drug-likeness (QED) is 0.811. The van der Waals surface area contributed by atoms with E-state index >= 15 is 0 Å². The number of aromatic amines is 1. The molecule has 16 heavy (non-hydrogen) atoms. The Bertz CT molecular complexity index is 477. The van der Waals surface area contributed by atoms with Crippen molar-refractivity contribution in [2.24, 2.45) is 0 Å². The van der Waals surface area contributed by atoms with Gasteiger partial charge < -0.3 is 14.8 Å². The molecule has 1 aromatic rings. The fourth-order valence-corrected chi connectivity index (χ4v) is 1.09. The van der Waals surface area contributed by atoms with Crippen molar-refractivity contribution in [3.8, 4) is 5.75 Å². The molecule has 1 rings (SSSR count). The second-order valence-corrected chi connectivity index (χ2v) is 2.84. The summed E-state index contributed by atoms with van der Waals surface area (Å²) in [6.07, 6.45) is -4.28. The van der Waals surface area contributed by atoms with Gasteiger partial charge in [0.2, 0.25) is 0 Å². The fraction of sp³-hybridized carbons (Fsp3) is 0.250. The topological polar surface area (TPSA) is 79.4 Å². The molecule has 1 aromatic heterocycles. The van der Waals surface area contributed by atoms with Crippen LogP contribution in [0.5, 0.6) is 5.75 Å². The van der Waals surface area contributed by atoms with E-state index in [1.54, 1.807) is 0 Å². The molecule has 0 atom stereocenters. The SMILES string of the molecule is Cc1c(OC(F)(F)F)c[nH]c(=O)c1C(=O)O. The molecule has 8 heteroatoms. The molecular weight excluding hydrogens is 231 g/mol. The molecule has 88 valence electrons. The highest BCUT2D eigenvalue weighted by Gasteiger charge is 2.32. The van der Waals surface area contributed by atoms with Gasteiger partial charge in [-0.2, -0.15) is 0 Å².